The maximum Gasteiger partial charge on any atom is 1.00 e. The summed E-state index contributed by atoms with van der Waals surface area (Å²) >= 11 is 0. The molecule has 17 nitrogen and oxygen atoms in total. The molecule has 18 heteroatoms. The van der Waals surface area contributed by atoms with Crippen molar-refractivity contribution in [2.75, 3.05) is 60.4 Å². The van der Waals surface area contributed by atoms with Gasteiger partial charge in [-0.2, -0.15) is 0 Å². The van der Waals surface area contributed by atoms with E-state index >= 15 is 0 Å². The summed E-state index contributed by atoms with van der Waals surface area (Å²) in [7, 11) is 10.4. The number of rotatable bonds is 24. The Morgan fingerprint density at radius 1 is 0.492 bits per heavy atom. The van der Waals surface area contributed by atoms with E-state index in [2.05, 4.69) is 17.6 Å². The van der Waals surface area contributed by atoms with Crippen molar-refractivity contribution in [3.05, 3.63) is 72.8 Å². The fraction of sp³-hybridized carbons (Fsp3) is 0.404. The summed E-state index contributed by atoms with van der Waals surface area (Å²) < 4.78 is 48.6. The van der Waals surface area contributed by atoms with Gasteiger partial charge in [-0.25, -0.2) is 0 Å². The molecule has 2 atom stereocenters. The molecule has 2 amide bonds. The van der Waals surface area contributed by atoms with Gasteiger partial charge in [0, 0.05) is 24.3 Å². The quantitative estimate of drug-likeness (QED) is 0.0301. The minimum Gasteiger partial charge on any atom is -0.870 e. The molecule has 0 fully saturated rings. The number of ether oxygens (including phenoxy) is 9. The second-order valence-corrected chi connectivity index (χ2v) is 13.9. The number of carboxylic acid groups (broad SMARTS) is 1. The van der Waals surface area contributed by atoms with Crippen molar-refractivity contribution in [1.29, 1.82) is 0 Å². The van der Waals surface area contributed by atoms with Crippen molar-refractivity contribution in [3.8, 4) is 57.5 Å². The third-order valence-electron chi connectivity index (χ3n) is 9.68. The molecule has 350 valence electrons. The van der Waals surface area contributed by atoms with Crippen LogP contribution in [0.4, 0.5) is 11.4 Å². The first kappa shape index (κ1) is 56.7. The van der Waals surface area contributed by atoms with Gasteiger partial charge in [-0.15, -0.1) is 0 Å². The number of carboxylic acids is 1. The van der Waals surface area contributed by atoms with Crippen LogP contribution in [-0.4, -0.2) is 84.1 Å². The van der Waals surface area contributed by atoms with Gasteiger partial charge in [0.05, 0.1) is 61.1 Å². The third kappa shape index (κ3) is 17.3. The number of esters is 1. The van der Waals surface area contributed by atoms with Crippen molar-refractivity contribution in [3.63, 3.8) is 0 Å². The van der Waals surface area contributed by atoms with Crippen molar-refractivity contribution in [2.24, 2.45) is 11.8 Å². The van der Waals surface area contributed by atoms with Crippen LogP contribution in [0.3, 0.4) is 0 Å². The predicted molar refractivity (Wildman–Crippen MR) is 239 cm³/mol. The number of benzene rings is 4. The molecule has 0 aromatic heterocycles. The number of anilines is 2. The molecular formula is C47H61LiN2O15. The summed E-state index contributed by atoms with van der Waals surface area (Å²) in [6, 6.07) is 20.1. The molecule has 2 unspecified atom stereocenters. The number of nitrogens with one attached hydrogen (secondary N) is 2. The van der Waals surface area contributed by atoms with E-state index in [1.807, 2.05) is 6.92 Å². The molecule has 4 rings (SSSR count). The maximum absolute atomic E-state index is 13.0. The molecule has 0 aliphatic carbocycles. The van der Waals surface area contributed by atoms with Crippen molar-refractivity contribution in [2.45, 2.75) is 65.2 Å². The van der Waals surface area contributed by atoms with E-state index in [1.165, 1.54) is 35.5 Å². The first-order valence-electron chi connectivity index (χ1n) is 20.5. The van der Waals surface area contributed by atoms with Crippen LogP contribution in [0.1, 0.15) is 65.2 Å². The van der Waals surface area contributed by atoms with Crippen molar-refractivity contribution in [1.82, 2.24) is 0 Å². The first-order valence-corrected chi connectivity index (χ1v) is 20.5. The summed E-state index contributed by atoms with van der Waals surface area (Å²) in [5.74, 6) is -0.279. The van der Waals surface area contributed by atoms with Crippen LogP contribution >= 0.6 is 0 Å². The number of unbranched alkanes of at least 4 members (excludes halogenated alkanes) is 4. The van der Waals surface area contributed by atoms with Gasteiger partial charge in [-0.1, -0.05) is 52.4 Å². The Bertz CT molecular complexity index is 2120. The summed E-state index contributed by atoms with van der Waals surface area (Å²) in [5, 5.41) is 15.0. The van der Waals surface area contributed by atoms with Gasteiger partial charge in [0.2, 0.25) is 11.8 Å². The fourth-order valence-electron chi connectivity index (χ4n) is 6.11. The number of carbonyl (C=O) groups excluding carboxylic acids is 3. The molecule has 0 heterocycles. The predicted octanol–water partition coefficient (Wildman–Crippen LogP) is 6.36. The van der Waals surface area contributed by atoms with Gasteiger partial charge in [0.25, 0.3) is 0 Å². The van der Waals surface area contributed by atoms with E-state index in [0.717, 1.165) is 32.1 Å². The van der Waals surface area contributed by atoms with Crippen LogP contribution in [0.5, 0.6) is 57.5 Å². The number of carbonyl (C=O) groups is 4. The smallest absolute Gasteiger partial charge is 0.870 e. The van der Waals surface area contributed by atoms with Gasteiger partial charge >= 0.3 is 30.8 Å². The molecular weight excluding hydrogens is 839 g/mol. The van der Waals surface area contributed by atoms with Crippen molar-refractivity contribution >= 4 is 35.1 Å². The Balaban J connectivity index is 0.000000631. The fourth-order valence-corrected chi connectivity index (χ4v) is 6.11. The van der Waals surface area contributed by atoms with E-state index in [4.69, 9.17) is 42.6 Å². The van der Waals surface area contributed by atoms with E-state index in [1.54, 1.807) is 87.0 Å². The summed E-state index contributed by atoms with van der Waals surface area (Å²) in [4.78, 5) is 49.6. The van der Waals surface area contributed by atoms with E-state index in [0.29, 0.717) is 81.7 Å². The van der Waals surface area contributed by atoms with E-state index in [-0.39, 0.29) is 30.8 Å². The zero-order valence-electron chi connectivity index (χ0n) is 38.9. The van der Waals surface area contributed by atoms with Crippen LogP contribution in [0.25, 0.3) is 0 Å². The van der Waals surface area contributed by atoms with Crippen LogP contribution < -0.4 is 67.4 Å². The SMILES string of the molecule is CCCCCC(C(=O)Nc1cc(OC)ccc1Oc1cc(OC)ccc1OC)C(=O)OC.CCCCCC(C(=O)O)C(=O)Nc1cc(OC)ccc1Oc1ccc(OC)cc1OC.[Li+].[OH-]. The number of amides is 2. The van der Waals surface area contributed by atoms with Gasteiger partial charge in [-0.3, -0.25) is 19.2 Å². The Kier molecular flexibility index (Phi) is 26.2. The monoisotopic (exact) mass is 900 g/mol. The van der Waals surface area contributed by atoms with Gasteiger partial charge in [-0.05, 0) is 61.4 Å². The van der Waals surface area contributed by atoms with Gasteiger partial charge in [0.15, 0.2) is 34.5 Å². The maximum atomic E-state index is 13.0. The molecule has 0 aliphatic rings. The van der Waals surface area contributed by atoms with Crippen molar-refractivity contribution < 1.29 is 91.3 Å². The standard InChI is InChI=1S/C24H31NO7.C23H29NO7.Li.H2O/c1-6-7-8-9-18(24(27)31-5)23(26)25-19-14-16(28-2)10-12-20(19)32-22-15-17(29-3)11-13-21(22)30-4;1-5-6-7-8-17(23(26)27)22(25)24-18-13-15(28-2)9-11-19(18)31-20-12-10-16(29-3)14-21(20)30-4;;/h10-15,18H,6-9H2,1-5H3,(H,25,26);9-14,17H,5-8H2,1-4H3,(H,24,25)(H,26,27);;1H2/q;;+1;/p-1. The Morgan fingerprint density at radius 3 is 1.29 bits per heavy atom. The molecule has 0 saturated carbocycles. The molecule has 0 radical (unpaired) electrons. The second kappa shape index (κ2) is 30.0. The Hall–Kier alpha value is -6.28. The van der Waals surface area contributed by atoms with Crippen LogP contribution in [0.15, 0.2) is 72.8 Å². The summed E-state index contributed by atoms with van der Waals surface area (Å²) in [6.07, 6.45) is 5.76. The number of aliphatic carboxylic acids is 1. The molecule has 0 bridgehead atoms. The molecule has 65 heavy (non-hydrogen) atoms. The van der Waals surface area contributed by atoms with Crippen LogP contribution in [0, 0.1) is 11.8 Å². The number of methoxy groups -OCH3 is 7. The Morgan fingerprint density at radius 2 is 0.877 bits per heavy atom. The molecule has 0 spiro atoms. The minimum absolute atomic E-state index is 0. The van der Waals surface area contributed by atoms with Gasteiger partial charge in [0.1, 0.15) is 34.8 Å². The average molecular weight is 901 g/mol. The Labute approximate surface area is 392 Å². The summed E-state index contributed by atoms with van der Waals surface area (Å²) in [5.41, 5.74) is 0.646. The zero-order valence-corrected chi connectivity index (χ0v) is 38.9. The second-order valence-electron chi connectivity index (χ2n) is 13.9. The average Bonchev–Trinajstić information content (AvgIpc) is 3.30. The largest absolute Gasteiger partial charge is 1.00 e. The summed E-state index contributed by atoms with van der Waals surface area (Å²) in [6.45, 7) is 4.07. The molecule has 4 aromatic rings. The zero-order chi connectivity index (χ0) is 46.3. The third-order valence-corrected chi connectivity index (χ3v) is 9.68. The molecule has 0 saturated heterocycles. The number of hydrogen-bond donors (Lipinski definition) is 3. The van der Waals surface area contributed by atoms with E-state index in [9.17, 15) is 24.3 Å². The van der Waals surface area contributed by atoms with E-state index < -0.39 is 35.6 Å². The molecule has 4 N–H and O–H groups in total. The van der Waals surface area contributed by atoms with Crippen LogP contribution in [0.2, 0.25) is 0 Å². The van der Waals surface area contributed by atoms with Crippen LogP contribution in [-0.2, 0) is 23.9 Å². The molecule has 0 aliphatic heterocycles. The van der Waals surface area contributed by atoms with Gasteiger partial charge < -0.3 is 63.8 Å². The normalized spacial score (nSPS) is 11.0. The topological polar surface area (TPSA) is 226 Å². The number of hydrogen-bond acceptors (Lipinski definition) is 14. The first-order chi connectivity index (χ1) is 30.4. The molecule has 4 aromatic carbocycles. The minimum atomic E-state index is -1.16.